The Balaban J connectivity index is 2.01. The van der Waals surface area contributed by atoms with Gasteiger partial charge in [-0.3, -0.25) is 4.79 Å². The summed E-state index contributed by atoms with van der Waals surface area (Å²) in [6, 6.07) is 13.8. The highest BCUT2D eigenvalue weighted by atomic mass is 32.2. The highest BCUT2D eigenvalue weighted by molar-refractivity contribution is 7.89. The molecular weight excluding hydrogens is 314 g/mol. The standard InChI is InChI=1S/C16H15N3O3S/c1-2-17-23(21,22)16-18-13-9-8-12(10-14(13)19-16)15(20)11-6-4-3-5-7-11/h3-10,17H,2H2,1H3,(H,18,19). The number of nitrogens with one attached hydrogen (secondary N) is 2. The zero-order valence-corrected chi connectivity index (χ0v) is 13.2. The van der Waals surface area contributed by atoms with Gasteiger partial charge in [0.1, 0.15) is 0 Å². The van der Waals surface area contributed by atoms with Crippen LogP contribution in [0.5, 0.6) is 0 Å². The Hall–Kier alpha value is -2.51. The Morgan fingerprint density at radius 3 is 2.57 bits per heavy atom. The van der Waals surface area contributed by atoms with Gasteiger partial charge in [0.15, 0.2) is 5.78 Å². The van der Waals surface area contributed by atoms with Crippen molar-refractivity contribution >= 4 is 26.8 Å². The van der Waals surface area contributed by atoms with Crippen molar-refractivity contribution in [3.8, 4) is 0 Å². The molecule has 0 aliphatic carbocycles. The number of H-pyrrole nitrogens is 1. The van der Waals surface area contributed by atoms with Crippen LogP contribution >= 0.6 is 0 Å². The van der Waals surface area contributed by atoms with E-state index < -0.39 is 10.0 Å². The minimum atomic E-state index is -3.66. The summed E-state index contributed by atoms with van der Waals surface area (Å²) >= 11 is 0. The molecule has 1 aromatic heterocycles. The maximum absolute atomic E-state index is 12.4. The van der Waals surface area contributed by atoms with E-state index >= 15 is 0 Å². The van der Waals surface area contributed by atoms with Gasteiger partial charge in [0, 0.05) is 17.7 Å². The van der Waals surface area contributed by atoms with Gasteiger partial charge >= 0.3 is 0 Å². The first-order chi connectivity index (χ1) is 11.0. The first kappa shape index (κ1) is 15.4. The number of rotatable bonds is 5. The van der Waals surface area contributed by atoms with E-state index in [9.17, 15) is 13.2 Å². The van der Waals surface area contributed by atoms with E-state index in [0.717, 1.165) is 0 Å². The molecule has 0 spiro atoms. The van der Waals surface area contributed by atoms with Gasteiger partial charge in [0.2, 0.25) is 5.16 Å². The lowest BCUT2D eigenvalue weighted by Gasteiger charge is -2.00. The largest absolute Gasteiger partial charge is 0.328 e. The van der Waals surface area contributed by atoms with Gasteiger partial charge in [0.25, 0.3) is 10.0 Å². The summed E-state index contributed by atoms with van der Waals surface area (Å²) < 4.78 is 26.3. The van der Waals surface area contributed by atoms with Gasteiger partial charge in [-0.1, -0.05) is 37.3 Å². The number of hydrogen-bond donors (Lipinski definition) is 2. The van der Waals surface area contributed by atoms with Crippen molar-refractivity contribution in [3.05, 3.63) is 59.7 Å². The Labute approximate surface area is 133 Å². The summed E-state index contributed by atoms with van der Waals surface area (Å²) in [6.45, 7) is 1.97. The Kier molecular flexibility index (Phi) is 3.97. The van der Waals surface area contributed by atoms with Crippen molar-refractivity contribution in [2.45, 2.75) is 12.1 Å². The summed E-state index contributed by atoms with van der Waals surface area (Å²) in [4.78, 5) is 19.3. The molecule has 2 aromatic carbocycles. The number of imidazole rings is 1. The average molecular weight is 329 g/mol. The van der Waals surface area contributed by atoms with Gasteiger partial charge in [-0.15, -0.1) is 0 Å². The van der Waals surface area contributed by atoms with Crippen LogP contribution in [0.2, 0.25) is 0 Å². The van der Waals surface area contributed by atoms with Crippen LogP contribution in [0.3, 0.4) is 0 Å². The first-order valence-electron chi connectivity index (χ1n) is 7.10. The highest BCUT2D eigenvalue weighted by Crippen LogP contribution is 2.18. The number of carbonyl (C=O) groups excluding carboxylic acids is 1. The lowest BCUT2D eigenvalue weighted by atomic mass is 10.0. The van der Waals surface area contributed by atoms with Crippen molar-refractivity contribution in [1.82, 2.24) is 14.7 Å². The molecule has 0 aliphatic heterocycles. The second-order valence-electron chi connectivity index (χ2n) is 4.97. The zero-order valence-electron chi connectivity index (χ0n) is 12.4. The second-order valence-corrected chi connectivity index (χ2v) is 6.65. The summed E-state index contributed by atoms with van der Waals surface area (Å²) in [7, 11) is -3.66. The highest BCUT2D eigenvalue weighted by Gasteiger charge is 2.18. The van der Waals surface area contributed by atoms with Crippen molar-refractivity contribution < 1.29 is 13.2 Å². The number of carbonyl (C=O) groups is 1. The topological polar surface area (TPSA) is 91.9 Å². The molecule has 0 saturated carbocycles. The molecule has 7 heteroatoms. The number of ketones is 1. The Bertz CT molecular complexity index is 963. The van der Waals surface area contributed by atoms with E-state index in [1.54, 1.807) is 49.4 Å². The molecule has 6 nitrogen and oxygen atoms in total. The number of hydrogen-bond acceptors (Lipinski definition) is 4. The third-order valence-electron chi connectivity index (χ3n) is 3.35. The predicted octanol–water partition coefficient (Wildman–Crippen LogP) is 2.09. The summed E-state index contributed by atoms with van der Waals surface area (Å²) in [5.41, 5.74) is 2.03. The van der Waals surface area contributed by atoms with Crippen LogP contribution in [0, 0.1) is 0 Å². The molecule has 2 N–H and O–H groups in total. The van der Waals surface area contributed by atoms with Crippen LogP contribution in [0.4, 0.5) is 0 Å². The average Bonchev–Trinajstić information content (AvgIpc) is 2.99. The van der Waals surface area contributed by atoms with Crippen LogP contribution in [-0.4, -0.2) is 30.7 Å². The quantitative estimate of drug-likeness (QED) is 0.701. The summed E-state index contributed by atoms with van der Waals surface area (Å²) in [5.74, 6) is -0.133. The van der Waals surface area contributed by atoms with Crippen LogP contribution < -0.4 is 4.72 Å². The molecular formula is C16H15N3O3S. The first-order valence-corrected chi connectivity index (χ1v) is 8.59. The minimum Gasteiger partial charge on any atom is -0.328 e. The maximum Gasteiger partial charge on any atom is 0.274 e. The summed E-state index contributed by atoms with van der Waals surface area (Å²) in [6.07, 6.45) is 0. The SMILES string of the molecule is CCNS(=O)(=O)c1nc2cc(C(=O)c3ccccc3)ccc2[nH]1. The van der Waals surface area contributed by atoms with Gasteiger partial charge < -0.3 is 4.98 Å². The van der Waals surface area contributed by atoms with Crippen LogP contribution in [0.25, 0.3) is 11.0 Å². The molecule has 0 saturated heterocycles. The third kappa shape index (κ3) is 3.01. The monoisotopic (exact) mass is 329 g/mol. The number of fused-ring (bicyclic) bond motifs is 1. The fourth-order valence-electron chi connectivity index (χ4n) is 2.27. The van der Waals surface area contributed by atoms with Crippen LogP contribution in [0.1, 0.15) is 22.8 Å². The molecule has 118 valence electrons. The lowest BCUT2D eigenvalue weighted by Crippen LogP contribution is -2.24. The minimum absolute atomic E-state index is 0.133. The van der Waals surface area contributed by atoms with Crippen molar-refractivity contribution in [3.63, 3.8) is 0 Å². The van der Waals surface area contributed by atoms with Crippen molar-refractivity contribution in [2.75, 3.05) is 6.54 Å². The Morgan fingerprint density at radius 1 is 1.13 bits per heavy atom. The predicted molar refractivity (Wildman–Crippen MR) is 86.8 cm³/mol. The smallest absolute Gasteiger partial charge is 0.274 e. The van der Waals surface area contributed by atoms with E-state index in [-0.39, 0.29) is 17.5 Å². The van der Waals surface area contributed by atoms with Gasteiger partial charge in [-0.05, 0) is 18.2 Å². The molecule has 3 rings (SSSR count). The summed E-state index contributed by atoms with van der Waals surface area (Å²) in [5, 5.41) is -0.154. The van der Waals surface area contributed by atoms with Crippen molar-refractivity contribution in [2.24, 2.45) is 0 Å². The van der Waals surface area contributed by atoms with E-state index in [1.165, 1.54) is 0 Å². The molecule has 0 unspecified atom stereocenters. The van der Waals surface area contributed by atoms with E-state index in [4.69, 9.17) is 0 Å². The third-order valence-corrected chi connectivity index (χ3v) is 4.72. The van der Waals surface area contributed by atoms with E-state index in [2.05, 4.69) is 14.7 Å². The van der Waals surface area contributed by atoms with E-state index in [1.807, 2.05) is 6.07 Å². The molecule has 0 atom stereocenters. The van der Waals surface area contributed by atoms with Crippen LogP contribution in [-0.2, 0) is 10.0 Å². The second kappa shape index (κ2) is 5.94. The molecule has 0 radical (unpaired) electrons. The molecule has 0 aliphatic rings. The maximum atomic E-state index is 12.4. The van der Waals surface area contributed by atoms with Crippen molar-refractivity contribution in [1.29, 1.82) is 0 Å². The van der Waals surface area contributed by atoms with Gasteiger partial charge in [0.05, 0.1) is 11.0 Å². The number of aromatic nitrogens is 2. The normalized spacial score (nSPS) is 11.7. The molecule has 0 bridgehead atoms. The molecule has 1 heterocycles. The fourth-order valence-corrected chi connectivity index (χ4v) is 3.25. The lowest BCUT2D eigenvalue weighted by molar-refractivity contribution is 0.103. The molecule has 0 fully saturated rings. The number of nitrogens with zero attached hydrogens (tertiary/aromatic N) is 1. The zero-order chi connectivity index (χ0) is 16.4. The number of sulfonamides is 1. The van der Waals surface area contributed by atoms with E-state index in [0.29, 0.717) is 22.2 Å². The molecule has 23 heavy (non-hydrogen) atoms. The van der Waals surface area contributed by atoms with Crippen LogP contribution in [0.15, 0.2) is 53.7 Å². The number of aromatic amines is 1. The number of benzene rings is 2. The van der Waals surface area contributed by atoms with Gasteiger partial charge in [-0.25, -0.2) is 18.1 Å². The fraction of sp³-hybridized carbons (Fsp3) is 0.125. The molecule has 0 amide bonds. The molecule has 3 aromatic rings. The van der Waals surface area contributed by atoms with Gasteiger partial charge in [-0.2, -0.15) is 0 Å². The Morgan fingerprint density at radius 2 is 1.87 bits per heavy atom.